The molecular formula is C54H42N4O10. The topological polar surface area (TPSA) is 221 Å². The highest BCUT2D eigenvalue weighted by atomic mass is 16.3. The van der Waals surface area contributed by atoms with Crippen LogP contribution in [-0.4, -0.2) is 76.7 Å². The van der Waals surface area contributed by atoms with Crippen LogP contribution in [0.25, 0.3) is 54.2 Å². The second-order valence-electron chi connectivity index (χ2n) is 17.8. The summed E-state index contributed by atoms with van der Waals surface area (Å²) in [6.45, 7) is 10.5. The molecule has 14 nitrogen and oxygen atoms in total. The fraction of sp³-hybridized carbons (Fsp3) is 0.148. The van der Waals surface area contributed by atoms with Gasteiger partial charge in [0.25, 0.3) is 23.6 Å². The Morgan fingerprint density at radius 3 is 1.04 bits per heavy atom. The Hall–Kier alpha value is -8.78. The number of carbonyl (C=O) groups excluding carboxylic acids is 4. The highest BCUT2D eigenvalue weighted by molar-refractivity contribution is 6.27. The molecule has 0 atom stereocenters. The predicted molar refractivity (Wildman–Crippen MR) is 259 cm³/mol. The van der Waals surface area contributed by atoms with Gasteiger partial charge in [0.1, 0.15) is 11.5 Å². The van der Waals surface area contributed by atoms with E-state index in [0.29, 0.717) is 53.5 Å². The van der Waals surface area contributed by atoms with Crippen molar-refractivity contribution in [2.24, 2.45) is 10.2 Å². The number of phenolic OH excluding ortho intramolecular Hbond substituents is 6. The first-order valence-corrected chi connectivity index (χ1v) is 21.8. The third kappa shape index (κ3) is 6.03. The number of hydrogen-bond acceptors (Lipinski definition) is 12. The Labute approximate surface area is 387 Å². The van der Waals surface area contributed by atoms with Crippen molar-refractivity contribution >= 4 is 79.1 Å². The minimum atomic E-state index is -0.731. The minimum Gasteiger partial charge on any atom is -0.507 e. The lowest BCUT2D eigenvalue weighted by Crippen LogP contribution is -2.36. The molecular weight excluding hydrogens is 865 g/mol. The number of aromatic hydroxyl groups is 6. The zero-order valence-electron chi connectivity index (χ0n) is 37.5. The lowest BCUT2D eigenvalue weighted by atomic mass is 9.83. The zero-order valence-corrected chi connectivity index (χ0v) is 37.5. The number of amides is 4. The van der Waals surface area contributed by atoms with E-state index in [1.165, 1.54) is 0 Å². The van der Waals surface area contributed by atoms with Crippen molar-refractivity contribution in [1.29, 1.82) is 0 Å². The molecule has 8 aromatic rings. The van der Waals surface area contributed by atoms with Crippen molar-refractivity contribution in [3.05, 3.63) is 141 Å². The number of hydrazone groups is 2. The van der Waals surface area contributed by atoms with Crippen molar-refractivity contribution in [2.75, 3.05) is 0 Å². The smallest absolute Gasteiger partial charge is 0.282 e. The summed E-state index contributed by atoms with van der Waals surface area (Å²) < 4.78 is 0. The molecule has 8 aromatic carbocycles. The first kappa shape index (κ1) is 43.1. The molecule has 4 amide bonds. The summed E-state index contributed by atoms with van der Waals surface area (Å²) in [6.07, 6.45) is 2.03. The summed E-state index contributed by atoms with van der Waals surface area (Å²) >= 11 is 0. The number of imide groups is 2. The number of rotatable bonds is 7. The standard InChI is InChI=1S/C54H42N4O10/c1-23(2)37-33-19-25(5)39(47(61)43(33)35(45(59)49(37)63)21-55-57-51(65)29-15-7-11-27-12-8-16-30(41(27)29)52(57)66)40-26(6)20-34-38(24(3)4)50(64)46(60)36(44(34)48(40)62)22-56-58-53(67)31-17-9-13-28-14-10-18-32(42(28)31)54(58)68/h7-24,59-64H,1-6H3/b55-21-,56-22-. The molecule has 10 rings (SSSR count). The van der Waals surface area contributed by atoms with Crippen LogP contribution in [0.2, 0.25) is 0 Å². The van der Waals surface area contributed by atoms with Gasteiger partial charge in [-0.15, -0.1) is 0 Å². The SMILES string of the molecule is Cc1cc2c(C(C)C)c(O)c(O)c(/C=N\N3C(=O)c4cccc5cccc(c45)C3=O)c2c(O)c1-c1c(C)cc2c(C(C)C)c(O)c(O)c(/C=N\N3C(=O)c4cccc5cccc(c45)C3=O)c2c1O. The molecule has 0 radical (unpaired) electrons. The number of phenols is 6. The van der Waals surface area contributed by atoms with E-state index in [0.717, 1.165) is 12.4 Å². The molecule has 2 aliphatic heterocycles. The van der Waals surface area contributed by atoms with Crippen LogP contribution >= 0.6 is 0 Å². The average Bonchev–Trinajstić information content (AvgIpc) is 3.30. The van der Waals surface area contributed by atoms with Gasteiger partial charge in [0.05, 0.1) is 45.8 Å². The van der Waals surface area contributed by atoms with Crippen LogP contribution in [-0.2, 0) is 0 Å². The molecule has 0 unspecified atom stereocenters. The van der Waals surface area contributed by atoms with Crippen molar-refractivity contribution < 1.29 is 49.8 Å². The normalized spacial score (nSPS) is 14.0. The molecule has 14 heteroatoms. The Morgan fingerprint density at radius 2 is 0.750 bits per heavy atom. The second-order valence-corrected chi connectivity index (χ2v) is 17.8. The van der Waals surface area contributed by atoms with Crippen LogP contribution in [0.5, 0.6) is 34.5 Å². The summed E-state index contributed by atoms with van der Waals surface area (Å²) in [6, 6.07) is 23.5. The maximum Gasteiger partial charge on any atom is 0.282 e. The number of fused-ring (bicyclic) bond motifs is 2. The van der Waals surface area contributed by atoms with Gasteiger partial charge < -0.3 is 30.6 Å². The maximum absolute atomic E-state index is 13.8. The van der Waals surface area contributed by atoms with Crippen molar-refractivity contribution in [3.8, 4) is 45.6 Å². The van der Waals surface area contributed by atoms with Crippen LogP contribution in [0.4, 0.5) is 0 Å². The molecule has 2 heterocycles. The summed E-state index contributed by atoms with van der Waals surface area (Å²) in [5.74, 6) is -7.14. The van der Waals surface area contributed by atoms with Gasteiger partial charge in [0.15, 0.2) is 23.0 Å². The van der Waals surface area contributed by atoms with E-state index in [1.807, 2.05) is 0 Å². The number of aryl methyl sites for hydroxylation is 2. The molecule has 338 valence electrons. The molecule has 0 fully saturated rings. The van der Waals surface area contributed by atoms with Crippen LogP contribution in [0.15, 0.2) is 95.1 Å². The van der Waals surface area contributed by atoms with E-state index >= 15 is 0 Å². The lowest BCUT2D eigenvalue weighted by molar-refractivity contribution is 0.0601. The van der Waals surface area contributed by atoms with E-state index in [9.17, 15) is 49.8 Å². The van der Waals surface area contributed by atoms with E-state index < -0.39 is 70.0 Å². The molecule has 0 saturated heterocycles. The largest absolute Gasteiger partial charge is 0.507 e. The van der Waals surface area contributed by atoms with Gasteiger partial charge in [-0.3, -0.25) is 19.2 Å². The van der Waals surface area contributed by atoms with Crippen molar-refractivity contribution in [1.82, 2.24) is 10.0 Å². The molecule has 68 heavy (non-hydrogen) atoms. The van der Waals surface area contributed by atoms with Gasteiger partial charge in [-0.2, -0.15) is 20.2 Å². The zero-order chi connectivity index (χ0) is 48.4. The van der Waals surface area contributed by atoms with Crippen molar-refractivity contribution in [3.63, 3.8) is 0 Å². The van der Waals surface area contributed by atoms with Crippen molar-refractivity contribution in [2.45, 2.75) is 53.4 Å². The Morgan fingerprint density at radius 1 is 0.441 bits per heavy atom. The third-order valence-corrected chi connectivity index (χ3v) is 13.1. The monoisotopic (exact) mass is 906 g/mol. The summed E-state index contributed by atoms with van der Waals surface area (Å²) in [5, 5.41) is 84.5. The Bertz CT molecular complexity index is 3380. The first-order chi connectivity index (χ1) is 32.4. The van der Waals surface area contributed by atoms with Crippen LogP contribution in [0.3, 0.4) is 0 Å². The van der Waals surface area contributed by atoms with Gasteiger partial charge in [-0.05, 0) is 82.6 Å². The minimum absolute atomic E-state index is 0.0395. The molecule has 0 saturated carbocycles. The van der Waals surface area contributed by atoms with Gasteiger partial charge >= 0.3 is 0 Å². The van der Waals surface area contributed by atoms with Gasteiger partial charge in [-0.1, -0.05) is 88.4 Å². The number of hydrogen-bond donors (Lipinski definition) is 6. The highest BCUT2D eigenvalue weighted by Crippen LogP contribution is 2.54. The summed E-state index contributed by atoms with van der Waals surface area (Å²) in [5.41, 5.74) is 1.86. The predicted octanol–water partition coefficient (Wildman–Crippen LogP) is 10.3. The highest BCUT2D eigenvalue weighted by Gasteiger charge is 2.36. The lowest BCUT2D eigenvalue weighted by Gasteiger charge is -2.25. The maximum atomic E-state index is 13.8. The van der Waals surface area contributed by atoms with Gasteiger partial charge in [0.2, 0.25) is 0 Å². The summed E-state index contributed by atoms with van der Waals surface area (Å²) in [7, 11) is 0. The number of carbonyl (C=O) groups is 4. The molecule has 0 spiro atoms. The van der Waals surface area contributed by atoms with Gasteiger partial charge in [-0.25, -0.2) is 0 Å². The summed E-state index contributed by atoms with van der Waals surface area (Å²) in [4.78, 5) is 55.4. The molecule has 0 aliphatic carbocycles. The Kier molecular flexibility index (Phi) is 9.77. The fourth-order valence-electron chi connectivity index (χ4n) is 10.1. The number of benzene rings is 8. The molecule has 0 bridgehead atoms. The Balaban J connectivity index is 1.19. The fourth-order valence-corrected chi connectivity index (χ4v) is 10.1. The third-order valence-electron chi connectivity index (χ3n) is 13.1. The van der Waals surface area contributed by atoms with E-state index in [4.69, 9.17) is 0 Å². The first-order valence-electron chi connectivity index (χ1n) is 21.8. The molecule has 2 aliphatic rings. The van der Waals surface area contributed by atoms with Crippen LogP contribution < -0.4 is 0 Å². The van der Waals surface area contributed by atoms with Crippen LogP contribution in [0.1, 0.15) is 114 Å². The number of nitrogens with zero attached hydrogens (tertiary/aromatic N) is 4. The van der Waals surface area contributed by atoms with Gasteiger partial charge in [0, 0.05) is 43.8 Å². The van der Waals surface area contributed by atoms with E-state index in [-0.39, 0.29) is 66.4 Å². The van der Waals surface area contributed by atoms with E-state index in [2.05, 4.69) is 10.2 Å². The quantitative estimate of drug-likeness (QED) is 0.0504. The second kappa shape index (κ2) is 15.4. The van der Waals surface area contributed by atoms with E-state index in [1.54, 1.807) is 126 Å². The molecule has 6 N–H and O–H groups in total. The average molecular weight is 907 g/mol. The van der Waals surface area contributed by atoms with Crippen LogP contribution in [0, 0.1) is 13.8 Å². The molecule has 0 aromatic heterocycles.